The van der Waals surface area contributed by atoms with Gasteiger partial charge in [0.15, 0.2) is 0 Å². The van der Waals surface area contributed by atoms with Crippen molar-refractivity contribution in [3.8, 4) is 5.75 Å². The summed E-state index contributed by atoms with van der Waals surface area (Å²) in [4.78, 5) is 29.3. The molecule has 1 aromatic heterocycles. The van der Waals surface area contributed by atoms with Crippen molar-refractivity contribution in [2.45, 2.75) is 17.7 Å². The van der Waals surface area contributed by atoms with Gasteiger partial charge in [0.05, 0.1) is 17.9 Å². The Balaban J connectivity index is 1.36. The van der Waals surface area contributed by atoms with Crippen LogP contribution in [0, 0.1) is 5.92 Å². The number of ether oxygens (including phenoxy) is 1. The summed E-state index contributed by atoms with van der Waals surface area (Å²) in [7, 11) is -2.20. The van der Waals surface area contributed by atoms with Crippen LogP contribution >= 0.6 is 0 Å². The Labute approximate surface area is 204 Å². The van der Waals surface area contributed by atoms with Gasteiger partial charge in [-0.2, -0.15) is 4.31 Å². The second-order valence-electron chi connectivity index (χ2n) is 8.11. The topological polar surface area (TPSA) is 118 Å². The van der Waals surface area contributed by atoms with E-state index in [1.807, 2.05) is 0 Å². The first kappa shape index (κ1) is 24.4. The first-order valence-electron chi connectivity index (χ1n) is 11.1. The monoisotopic (exact) mass is 494 g/mol. The first-order chi connectivity index (χ1) is 16.9. The van der Waals surface area contributed by atoms with E-state index in [0.717, 1.165) is 0 Å². The number of sulfonamides is 1. The zero-order valence-corrected chi connectivity index (χ0v) is 20.0. The highest BCUT2D eigenvalue weighted by molar-refractivity contribution is 7.89. The molecule has 35 heavy (non-hydrogen) atoms. The highest BCUT2D eigenvalue weighted by atomic mass is 32.2. The summed E-state index contributed by atoms with van der Waals surface area (Å²) in [5.74, 6) is -0.477. The molecule has 0 spiro atoms. The summed E-state index contributed by atoms with van der Waals surface area (Å²) < 4.78 is 32.6. The van der Waals surface area contributed by atoms with Gasteiger partial charge in [0.1, 0.15) is 11.4 Å². The molecule has 1 aliphatic rings. The first-order valence-corrected chi connectivity index (χ1v) is 12.6. The molecule has 4 rings (SSSR count). The molecule has 1 fully saturated rings. The fraction of sp³-hybridized carbons (Fsp3) is 0.240. The summed E-state index contributed by atoms with van der Waals surface area (Å²) in [6.45, 7) is 0.473. The standard InChI is InChI=1S/C25H26N4O5S/c1-34-21-11-13-22(14-12-21)35(32,33)29-16-4-5-18(17-29)24(30)27-19-7-9-20(10-8-19)28-25(31)23-6-2-3-15-26-23/h2-3,6-15,18H,4-5,16-17H2,1H3,(H,27,30)(H,28,31)/t18-/m1/s1. The number of carbonyl (C=O) groups is 2. The van der Waals surface area contributed by atoms with E-state index in [0.29, 0.717) is 42.2 Å². The van der Waals surface area contributed by atoms with Crippen LogP contribution in [0.1, 0.15) is 23.3 Å². The van der Waals surface area contributed by atoms with Crippen molar-refractivity contribution in [3.63, 3.8) is 0 Å². The maximum absolute atomic E-state index is 13.1. The molecule has 2 heterocycles. The second-order valence-corrected chi connectivity index (χ2v) is 10.1. The number of amides is 2. The third-order valence-electron chi connectivity index (χ3n) is 5.76. The van der Waals surface area contributed by atoms with Gasteiger partial charge in [-0.05, 0) is 73.5 Å². The molecule has 2 aromatic carbocycles. The van der Waals surface area contributed by atoms with E-state index in [9.17, 15) is 18.0 Å². The van der Waals surface area contributed by atoms with Crippen LogP contribution in [0.4, 0.5) is 11.4 Å². The lowest BCUT2D eigenvalue weighted by Crippen LogP contribution is -2.43. The van der Waals surface area contributed by atoms with Crippen LogP contribution in [0.2, 0.25) is 0 Å². The summed E-state index contributed by atoms with van der Waals surface area (Å²) in [5.41, 5.74) is 1.42. The zero-order chi connectivity index (χ0) is 24.8. The maximum Gasteiger partial charge on any atom is 0.274 e. The molecule has 0 saturated carbocycles. The van der Waals surface area contributed by atoms with Gasteiger partial charge in [-0.25, -0.2) is 8.42 Å². The third kappa shape index (κ3) is 5.84. The number of hydrogen-bond donors (Lipinski definition) is 2. The summed E-state index contributed by atoms with van der Waals surface area (Å²) in [5, 5.41) is 5.60. The largest absolute Gasteiger partial charge is 0.497 e. The Morgan fingerprint density at radius 2 is 1.66 bits per heavy atom. The molecule has 2 N–H and O–H groups in total. The predicted octanol–water partition coefficient (Wildman–Crippen LogP) is 3.38. The molecule has 0 radical (unpaired) electrons. The summed E-state index contributed by atoms with van der Waals surface area (Å²) >= 11 is 0. The van der Waals surface area contributed by atoms with Gasteiger partial charge in [0.25, 0.3) is 5.91 Å². The molecule has 2 amide bonds. The Morgan fingerprint density at radius 3 is 2.29 bits per heavy atom. The van der Waals surface area contributed by atoms with Gasteiger partial charge in [-0.1, -0.05) is 6.07 Å². The van der Waals surface area contributed by atoms with E-state index in [-0.39, 0.29) is 23.3 Å². The summed E-state index contributed by atoms with van der Waals surface area (Å²) in [6, 6.07) is 18.0. The minimum atomic E-state index is -3.71. The van der Waals surface area contributed by atoms with Crippen molar-refractivity contribution in [1.29, 1.82) is 0 Å². The molecule has 1 saturated heterocycles. The Kier molecular flexibility index (Phi) is 7.42. The minimum Gasteiger partial charge on any atom is -0.497 e. The van der Waals surface area contributed by atoms with E-state index in [4.69, 9.17) is 4.74 Å². The van der Waals surface area contributed by atoms with E-state index in [1.54, 1.807) is 60.8 Å². The van der Waals surface area contributed by atoms with Crippen molar-refractivity contribution in [2.75, 3.05) is 30.8 Å². The van der Waals surface area contributed by atoms with Crippen LogP contribution in [0.25, 0.3) is 0 Å². The van der Waals surface area contributed by atoms with Crippen LogP contribution in [-0.4, -0.2) is 49.7 Å². The lowest BCUT2D eigenvalue weighted by atomic mass is 9.98. The van der Waals surface area contributed by atoms with Crippen LogP contribution in [0.15, 0.2) is 77.8 Å². The van der Waals surface area contributed by atoms with Gasteiger partial charge in [0, 0.05) is 30.7 Å². The Bertz CT molecular complexity index is 1280. The maximum atomic E-state index is 13.1. The average Bonchev–Trinajstić information content (AvgIpc) is 2.90. The highest BCUT2D eigenvalue weighted by Gasteiger charge is 2.33. The molecule has 0 aliphatic carbocycles. The van der Waals surface area contributed by atoms with Gasteiger partial charge in [-0.3, -0.25) is 14.6 Å². The van der Waals surface area contributed by atoms with Crippen LogP contribution in [-0.2, 0) is 14.8 Å². The molecule has 3 aromatic rings. The van der Waals surface area contributed by atoms with Crippen molar-refractivity contribution < 1.29 is 22.7 Å². The van der Waals surface area contributed by atoms with Crippen LogP contribution < -0.4 is 15.4 Å². The number of carbonyl (C=O) groups excluding carboxylic acids is 2. The molecule has 1 atom stereocenters. The highest BCUT2D eigenvalue weighted by Crippen LogP contribution is 2.26. The number of rotatable bonds is 7. The summed E-state index contributed by atoms with van der Waals surface area (Å²) in [6.07, 6.45) is 2.73. The van der Waals surface area contributed by atoms with Gasteiger partial charge in [-0.15, -0.1) is 0 Å². The average molecular weight is 495 g/mol. The second kappa shape index (κ2) is 10.7. The van der Waals surface area contributed by atoms with E-state index < -0.39 is 15.9 Å². The van der Waals surface area contributed by atoms with Crippen molar-refractivity contribution in [3.05, 3.63) is 78.6 Å². The number of nitrogens with zero attached hydrogens (tertiary/aromatic N) is 2. The number of piperidine rings is 1. The number of nitrogens with one attached hydrogen (secondary N) is 2. The lowest BCUT2D eigenvalue weighted by molar-refractivity contribution is -0.120. The predicted molar refractivity (Wildman–Crippen MR) is 132 cm³/mol. The molecule has 10 heteroatoms. The van der Waals surface area contributed by atoms with E-state index in [2.05, 4.69) is 15.6 Å². The fourth-order valence-electron chi connectivity index (χ4n) is 3.84. The van der Waals surface area contributed by atoms with E-state index >= 15 is 0 Å². The smallest absolute Gasteiger partial charge is 0.274 e. The van der Waals surface area contributed by atoms with Crippen LogP contribution in [0.3, 0.4) is 0 Å². The lowest BCUT2D eigenvalue weighted by Gasteiger charge is -2.31. The molecular weight excluding hydrogens is 468 g/mol. The zero-order valence-electron chi connectivity index (χ0n) is 19.2. The van der Waals surface area contributed by atoms with Crippen LogP contribution in [0.5, 0.6) is 5.75 Å². The number of aromatic nitrogens is 1. The van der Waals surface area contributed by atoms with Crippen molar-refractivity contribution in [1.82, 2.24) is 9.29 Å². The third-order valence-corrected chi connectivity index (χ3v) is 7.64. The molecule has 9 nitrogen and oxygen atoms in total. The number of methoxy groups -OCH3 is 1. The molecule has 0 unspecified atom stereocenters. The number of benzene rings is 2. The Hall–Kier alpha value is -3.76. The van der Waals surface area contributed by atoms with Crippen molar-refractivity contribution >= 4 is 33.2 Å². The number of hydrogen-bond acceptors (Lipinski definition) is 6. The minimum absolute atomic E-state index is 0.110. The Morgan fingerprint density at radius 1 is 0.971 bits per heavy atom. The number of anilines is 2. The van der Waals surface area contributed by atoms with Gasteiger partial charge < -0.3 is 15.4 Å². The van der Waals surface area contributed by atoms with E-state index in [1.165, 1.54) is 23.5 Å². The molecular formula is C25H26N4O5S. The molecule has 1 aliphatic heterocycles. The SMILES string of the molecule is COc1ccc(S(=O)(=O)N2CCC[C@@H](C(=O)Nc3ccc(NC(=O)c4ccccn4)cc3)C2)cc1. The molecule has 182 valence electrons. The van der Waals surface area contributed by atoms with Gasteiger partial charge in [0.2, 0.25) is 15.9 Å². The molecule has 0 bridgehead atoms. The quantitative estimate of drug-likeness (QED) is 0.520. The normalized spacial score (nSPS) is 16.3. The fourth-order valence-corrected chi connectivity index (χ4v) is 5.37. The van der Waals surface area contributed by atoms with Gasteiger partial charge >= 0.3 is 0 Å². The van der Waals surface area contributed by atoms with Crippen molar-refractivity contribution in [2.24, 2.45) is 5.92 Å². The number of pyridine rings is 1.